The molecule has 0 aromatic heterocycles. The molecule has 0 heterocycles. The monoisotopic (exact) mass is 283 g/mol. The maximum Gasteiger partial charge on any atom is 0.335 e. The van der Waals surface area contributed by atoms with E-state index in [0.717, 1.165) is 12.8 Å². The van der Waals surface area contributed by atoms with Gasteiger partial charge in [0.25, 0.3) is 0 Å². The van der Waals surface area contributed by atoms with E-state index in [0.29, 0.717) is 12.1 Å². The highest BCUT2D eigenvalue weighted by molar-refractivity contribution is 7.91. The molecule has 1 aromatic rings. The fourth-order valence-corrected chi connectivity index (χ4v) is 3.96. The van der Waals surface area contributed by atoms with E-state index in [1.54, 1.807) is 12.1 Å². The number of benzene rings is 1. The fraction of sp³-hybridized carbons (Fsp3) is 0.462. The number of nitrogens with one attached hydrogen (secondary N) is 1. The smallest absolute Gasteiger partial charge is 0.335 e. The van der Waals surface area contributed by atoms with Gasteiger partial charge in [-0.05, 0) is 37.5 Å². The van der Waals surface area contributed by atoms with Crippen LogP contribution in [-0.2, 0) is 9.84 Å². The molecule has 1 aliphatic rings. The van der Waals surface area contributed by atoms with E-state index in [9.17, 15) is 13.2 Å². The van der Waals surface area contributed by atoms with E-state index in [1.165, 1.54) is 18.4 Å². The molecule has 0 saturated heterocycles. The zero-order valence-electron chi connectivity index (χ0n) is 10.7. The Morgan fingerprint density at radius 2 is 2.11 bits per heavy atom. The highest BCUT2D eigenvalue weighted by Crippen LogP contribution is 2.28. The Labute approximate surface area is 112 Å². The van der Waals surface area contributed by atoms with Crippen LogP contribution in [0.4, 0.5) is 5.69 Å². The summed E-state index contributed by atoms with van der Waals surface area (Å²) in [6.45, 7) is 0. The van der Waals surface area contributed by atoms with E-state index < -0.39 is 15.8 Å². The molecule has 1 fully saturated rings. The molecule has 0 aliphatic heterocycles. The topological polar surface area (TPSA) is 83.5 Å². The largest absolute Gasteiger partial charge is 0.478 e. The molecule has 0 amide bonds. The predicted molar refractivity (Wildman–Crippen MR) is 73.3 cm³/mol. The van der Waals surface area contributed by atoms with Gasteiger partial charge in [0.15, 0.2) is 9.84 Å². The Balaban J connectivity index is 2.17. The van der Waals surface area contributed by atoms with Gasteiger partial charge in [0.2, 0.25) is 0 Å². The minimum Gasteiger partial charge on any atom is -0.478 e. The SMILES string of the molecule is CS(=O)(=O)C1CCCC1Nc1cccc(C(=O)O)c1. The summed E-state index contributed by atoms with van der Waals surface area (Å²) in [4.78, 5) is 10.9. The second-order valence-corrected chi connectivity index (χ2v) is 7.20. The van der Waals surface area contributed by atoms with Crippen molar-refractivity contribution in [3.05, 3.63) is 29.8 Å². The number of aromatic carboxylic acids is 1. The second kappa shape index (κ2) is 5.21. The van der Waals surface area contributed by atoms with Crippen LogP contribution < -0.4 is 5.32 Å². The minimum atomic E-state index is -3.08. The molecule has 5 nitrogen and oxygen atoms in total. The summed E-state index contributed by atoms with van der Waals surface area (Å²) < 4.78 is 23.4. The summed E-state index contributed by atoms with van der Waals surface area (Å²) in [5.74, 6) is -0.991. The van der Waals surface area contributed by atoms with Gasteiger partial charge in [-0.2, -0.15) is 0 Å². The third-order valence-electron chi connectivity index (χ3n) is 3.46. The second-order valence-electron chi connectivity index (χ2n) is 4.94. The molecular weight excluding hydrogens is 266 g/mol. The number of sulfone groups is 1. The maximum atomic E-state index is 11.7. The van der Waals surface area contributed by atoms with Crippen LogP contribution in [0.5, 0.6) is 0 Å². The highest BCUT2D eigenvalue weighted by atomic mass is 32.2. The molecule has 0 bridgehead atoms. The molecule has 2 atom stereocenters. The van der Waals surface area contributed by atoms with Gasteiger partial charge in [-0.3, -0.25) is 0 Å². The Morgan fingerprint density at radius 1 is 1.37 bits per heavy atom. The molecule has 2 unspecified atom stereocenters. The zero-order chi connectivity index (χ0) is 14.0. The zero-order valence-corrected chi connectivity index (χ0v) is 11.5. The first-order valence-corrected chi connectivity index (χ1v) is 8.12. The van der Waals surface area contributed by atoms with E-state index in [4.69, 9.17) is 5.11 Å². The van der Waals surface area contributed by atoms with Crippen LogP contribution in [0.2, 0.25) is 0 Å². The van der Waals surface area contributed by atoms with Crippen molar-refractivity contribution in [3.8, 4) is 0 Å². The van der Waals surface area contributed by atoms with E-state index in [-0.39, 0.29) is 16.9 Å². The first kappa shape index (κ1) is 13.9. The van der Waals surface area contributed by atoms with Crippen LogP contribution in [0, 0.1) is 0 Å². The molecule has 19 heavy (non-hydrogen) atoms. The molecule has 104 valence electrons. The van der Waals surface area contributed by atoms with E-state index >= 15 is 0 Å². The van der Waals surface area contributed by atoms with Gasteiger partial charge in [-0.25, -0.2) is 13.2 Å². The Hall–Kier alpha value is -1.56. The number of carboxylic acid groups (broad SMARTS) is 1. The van der Waals surface area contributed by atoms with Crippen LogP contribution in [0.15, 0.2) is 24.3 Å². The van der Waals surface area contributed by atoms with Crippen molar-refractivity contribution >= 4 is 21.5 Å². The molecule has 0 radical (unpaired) electrons. The summed E-state index contributed by atoms with van der Waals surface area (Å²) in [6, 6.07) is 6.30. The van der Waals surface area contributed by atoms with Crippen LogP contribution in [0.3, 0.4) is 0 Å². The van der Waals surface area contributed by atoms with Crippen molar-refractivity contribution in [2.75, 3.05) is 11.6 Å². The highest BCUT2D eigenvalue weighted by Gasteiger charge is 2.34. The molecule has 0 spiro atoms. The lowest BCUT2D eigenvalue weighted by atomic mass is 10.1. The molecule has 2 N–H and O–H groups in total. The predicted octanol–water partition coefficient (Wildman–Crippen LogP) is 1.76. The van der Waals surface area contributed by atoms with Gasteiger partial charge in [0.05, 0.1) is 10.8 Å². The first-order valence-electron chi connectivity index (χ1n) is 6.16. The van der Waals surface area contributed by atoms with Crippen molar-refractivity contribution in [3.63, 3.8) is 0 Å². The van der Waals surface area contributed by atoms with Gasteiger partial charge in [0.1, 0.15) is 0 Å². The third-order valence-corrected chi connectivity index (χ3v) is 5.13. The number of anilines is 1. The summed E-state index contributed by atoms with van der Waals surface area (Å²) in [7, 11) is -3.08. The number of carboxylic acids is 1. The molecule has 1 saturated carbocycles. The molecule has 6 heteroatoms. The van der Waals surface area contributed by atoms with E-state index in [2.05, 4.69) is 5.32 Å². The number of carbonyl (C=O) groups is 1. The van der Waals surface area contributed by atoms with Crippen LogP contribution >= 0.6 is 0 Å². The Bertz CT molecular complexity index is 582. The summed E-state index contributed by atoms with van der Waals surface area (Å²) >= 11 is 0. The van der Waals surface area contributed by atoms with Crippen molar-refractivity contribution in [2.24, 2.45) is 0 Å². The Morgan fingerprint density at radius 3 is 2.74 bits per heavy atom. The van der Waals surface area contributed by atoms with Gasteiger partial charge in [-0.15, -0.1) is 0 Å². The standard InChI is InChI=1S/C13H17NO4S/c1-19(17,18)12-7-3-6-11(12)14-10-5-2-4-9(8-10)13(15)16/h2,4-5,8,11-12,14H,3,6-7H2,1H3,(H,15,16). The summed E-state index contributed by atoms with van der Waals surface area (Å²) in [5.41, 5.74) is 0.847. The number of hydrogen-bond acceptors (Lipinski definition) is 4. The Kier molecular flexibility index (Phi) is 3.80. The van der Waals surface area contributed by atoms with Crippen molar-refractivity contribution in [2.45, 2.75) is 30.6 Å². The average molecular weight is 283 g/mol. The summed E-state index contributed by atoms with van der Waals surface area (Å²) in [5, 5.41) is 11.7. The number of hydrogen-bond donors (Lipinski definition) is 2. The van der Waals surface area contributed by atoms with Gasteiger partial charge in [0, 0.05) is 18.0 Å². The quantitative estimate of drug-likeness (QED) is 0.879. The van der Waals surface area contributed by atoms with Crippen molar-refractivity contribution in [1.82, 2.24) is 0 Å². The fourth-order valence-electron chi connectivity index (χ4n) is 2.56. The van der Waals surface area contributed by atoms with E-state index in [1.807, 2.05) is 0 Å². The lowest BCUT2D eigenvalue weighted by molar-refractivity contribution is 0.0697. The van der Waals surface area contributed by atoms with Crippen molar-refractivity contribution < 1.29 is 18.3 Å². The molecule has 1 aliphatic carbocycles. The van der Waals surface area contributed by atoms with Crippen LogP contribution in [0.1, 0.15) is 29.6 Å². The summed E-state index contributed by atoms with van der Waals surface area (Å²) in [6.07, 6.45) is 3.57. The molecule has 2 rings (SSSR count). The first-order chi connectivity index (χ1) is 8.88. The van der Waals surface area contributed by atoms with Crippen LogP contribution in [-0.4, -0.2) is 37.0 Å². The minimum absolute atomic E-state index is 0.140. The number of rotatable bonds is 4. The average Bonchev–Trinajstić information content (AvgIpc) is 2.77. The maximum absolute atomic E-state index is 11.7. The lowest BCUT2D eigenvalue weighted by Crippen LogP contribution is -2.34. The third kappa shape index (κ3) is 3.26. The van der Waals surface area contributed by atoms with Gasteiger partial charge < -0.3 is 10.4 Å². The molecule has 1 aromatic carbocycles. The molecular formula is C13H17NO4S. The lowest BCUT2D eigenvalue weighted by Gasteiger charge is -2.20. The van der Waals surface area contributed by atoms with Gasteiger partial charge >= 0.3 is 5.97 Å². The van der Waals surface area contributed by atoms with Crippen molar-refractivity contribution in [1.29, 1.82) is 0 Å². The van der Waals surface area contributed by atoms with Gasteiger partial charge in [-0.1, -0.05) is 6.07 Å². The normalized spacial score (nSPS) is 23.2. The van der Waals surface area contributed by atoms with Crippen LogP contribution in [0.25, 0.3) is 0 Å².